The highest BCUT2D eigenvalue weighted by atomic mass is 16.3. The minimum atomic E-state index is -0.436. The molecule has 0 saturated carbocycles. The fraction of sp³-hybridized carbons (Fsp3) is 0.125. The van der Waals surface area contributed by atoms with Gasteiger partial charge in [0.2, 0.25) is 0 Å². The molecule has 1 aromatic carbocycles. The van der Waals surface area contributed by atoms with Gasteiger partial charge in [0.15, 0.2) is 0 Å². The number of hydrazine groups is 1. The van der Waals surface area contributed by atoms with Gasteiger partial charge in [-0.05, 0) is 55.3 Å². The lowest BCUT2D eigenvalue weighted by molar-refractivity contribution is -0.117. The van der Waals surface area contributed by atoms with Crippen LogP contribution in [0.4, 0.5) is 5.69 Å². The predicted molar refractivity (Wildman–Crippen MR) is 78.2 cm³/mol. The lowest BCUT2D eigenvalue weighted by Gasteiger charge is -2.15. The third-order valence-electron chi connectivity index (χ3n) is 3.47. The van der Waals surface area contributed by atoms with Gasteiger partial charge in [0.05, 0.1) is 12.0 Å². The molecule has 1 saturated heterocycles. The Morgan fingerprint density at radius 1 is 1.14 bits per heavy atom. The highest BCUT2D eigenvalue weighted by Crippen LogP contribution is 2.23. The van der Waals surface area contributed by atoms with E-state index in [2.05, 4.69) is 5.43 Å². The van der Waals surface area contributed by atoms with Crippen molar-refractivity contribution in [2.24, 2.45) is 0 Å². The summed E-state index contributed by atoms with van der Waals surface area (Å²) < 4.78 is 5.14. The van der Waals surface area contributed by atoms with Crippen LogP contribution >= 0.6 is 0 Å². The highest BCUT2D eigenvalue weighted by molar-refractivity contribution is 6.31. The van der Waals surface area contributed by atoms with E-state index in [1.807, 2.05) is 26.0 Å². The molecule has 0 radical (unpaired) electrons. The van der Waals surface area contributed by atoms with Gasteiger partial charge < -0.3 is 4.42 Å². The van der Waals surface area contributed by atoms with Gasteiger partial charge in [-0.3, -0.25) is 15.0 Å². The highest BCUT2D eigenvalue weighted by Gasteiger charge is 2.34. The monoisotopic (exact) mass is 282 g/mol. The molecule has 1 aromatic heterocycles. The van der Waals surface area contributed by atoms with E-state index in [0.717, 1.165) is 11.1 Å². The molecular weight excluding hydrogens is 268 g/mol. The van der Waals surface area contributed by atoms with Crippen LogP contribution in [-0.2, 0) is 9.59 Å². The lowest BCUT2D eigenvalue weighted by Crippen LogP contribution is -2.35. The van der Waals surface area contributed by atoms with Crippen LogP contribution in [0.1, 0.15) is 16.9 Å². The van der Waals surface area contributed by atoms with Gasteiger partial charge in [0.1, 0.15) is 11.3 Å². The van der Waals surface area contributed by atoms with Crippen LogP contribution in [0.25, 0.3) is 6.08 Å². The van der Waals surface area contributed by atoms with Gasteiger partial charge in [-0.1, -0.05) is 6.07 Å². The second-order valence-corrected chi connectivity index (χ2v) is 4.92. The molecule has 1 N–H and O–H groups in total. The summed E-state index contributed by atoms with van der Waals surface area (Å²) in [6.07, 6.45) is 2.93. The zero-order valence-corrected chi connectivity index (χ0v) is 11.7. The van der Waals surface area contributed by atoms with Gasteiger partial charge in [0.25, 0.3) is 11.8 Å². The Labute approximate surface area is 121 Å². The van der Waals surface area contributed by atoms with Crippen molar-refractivity contribution in [1.29, 1.82) is 0 Å². The average Bonchev–Trinajstić information content (AvgIpc) is 3.06. The molecule has 0 bridgehead atoms. The van der Waals surface area contributed by atoms with Crippen molar-refractivity contribution in [2.75, 3.05) is 5.01 Å². The van der Waals surface area contributed by atoms with Crippen LogP contribution < -0.4 is 10.4 Å². The van der Waals surface area contributed by atoms with Crippen LogP contribution in [0, 0.1) is 13.8 Å². The Morgan fingerprint density at radius 3 is 2.62 bits per heavy atom. The van der Waals surface area contributed by atoms with E-state index in [9.17, 15) is 9.59 Å². The number of rotatable bonds is 2. The normalized spacial score (nSPS) is 16.7. The van der Waals surface area contributed by atoms with E-state index in [1.165, 1.54) is 17.3 Å². The van der Waals surface area contributed by atoms with Crippen molar-refractivity contribution in [2.45, 2.75) is 13.8 Å². The third kappa shape index (κ3) is 2.33. The minimum absolute atomic E-state index is 0.0585. The number of nitrogens with one attached hydrogen (secondary N) is 1. The molecule has 0 spiro atoms. The molecule has 1 fully saturated rings. The van der Waals surface area contributed by atoms with Crippen molar-refractivity contribution in [3.63, 3.8) is 0 Å². The first kappa shape index (κ1) is 13.2. The second kappa shape index (κ2) is 4.94. The zero-order chi connectivity index (χ0) is 15.0. The summed E-state index contributed by atoms with van der Waals surface area (Å²) >= 11 is 0. The largest absolute Gasteiger partial charge is 0.465 e. The van der Waals surface area contributed by atoms with Gasteiger partial charge in [0, 0.05) is 0 Å². The fourth-order valence-electron chi connectivity index (χ4n) is 2.12. The molecule has 1 aliphatic heterocycles. The fourth-order valence-corrected chi connectivity index (χ4v) is 2.12. The topological polar surface area (TPSA) is 62.6 Å². The number of amides is 2. The Morgan fingerprint density at radius 2 is 1.95 bits per heavy atom. The smallest absolute Gasteiger partial charge is 0.282 e. The molecule has 0 atom stereocenters. The first-order valence-electron chi connectivity index (χ1n) is 6.54. The number of hydrogen-bond donors (Lipinski definition) is 1. The van der Waals surface area contributed by atoms with Crippen LogP contribution in [0.15, 0.2) is 46.6 Å². The van der Waals surface area contributed by atoms with Crippen molar-refractivity contribution in [3.8, 4) is 0 Å². The maximum absolute atomic E-state index is 12.4. The van der Waals surface area contributed by atoms with Crippen LogP contribution in [0.2, 0.25) is 0 Å². The molecule has 5 heteroatoms. The van der Waals surface area contributed by atoms with Crippen molar-refractivity contribution in [1.82, 2.24) is 5.43 Å². The second-order valence-electron chi connectivity index (χ2n) is 4.92. The molecule has 106 valence electrons. The first-order valence-corrected chi connectivity index (χ1v) is 6.54. The van der Waals surface area contributed by atoms with Crippen molar-refractivity contribution >= 4 is 23.6 Å². The van der Waals surface area contributed by atoms with E-state index in [-0.39, 0.29) is 11.5 Å². The Balaban J connectivity index is 1.95. The number of nitrogens with zero attached hydrogens (tertiary/aromatic N) is 1. The average molecular weight is 282 g/mol. The number of anilines is 1. The Bertz CT molecular complexity index is 745. The number of carbonyl (C=O) groups is 2. The number of furan rings is 1. The van der Waals surface area contributed by atoms with Gasteiger partial charge >= 0.3 is 0 Å². The molecule has 2 aromatic rings. The van der Waals surface area contributed by atoms with Crippen LogP contribution in [-0.4, -0.2) is 11.8 Å². The molecule has 21 heavy (non-hydrogen) atoms. The van der Waals surface area contributed by atoms with E-state index in [4.69, 9.17) is 4.42 Å². The summed E-state index contributed by atoms with van der Waals surface area (Å²) in [5.41, 5.74) is 5.44. The summed E-state index contributed by atoms with van der Waals surface area (Å²) in [4.78, 5) is 24.3. The van der Waals surface area contributed by atoms with Crippen LogP contribution in [0.3, 0.4) is 0 Å². The number of hydrogen-bond acceptors (Lipinski definition) is 3. The molecule has 0 aliphatic carbocycles. The Kier molecular flexibility index (Phi) is 3.10. The number of aryl methyl sites for hydroxylation is 2. The van der Waals surface area contributed by atoms with Crippen LogP contribution in [0.5, 0.6) is 0 Å². The number of carbonyl (C=O) groups excluding carboxylic acids is 2. The molecule has 5 nitrogen and oxygen atoms in total. The maximum atomic E-state index is 12.4. The Hall–Kier alpha value is -2.82. The van der Waals surface area contributed by atoms with E-state index < -0.39 is 5.91 Å². The maximum Gasteiger partial charge on any atom is 0.282 e. The summed E-state index contributed by atoms with van der Waals surface area (Å²) in [5.74, 6) is -0.357. The van der Waals surface area contributed by atoms with Crippen molar-refractivity contribution in [3.05, 3.63) is 59.1 Å². The molecule has 1 aliphatic rings. The first-order chi connectivity index (χ1) is 10.1. The van der Waals surface area contributed by atoms with Gasteiger partial charge in [-0.25, -0.2) is 5.01 Å². The summed E-state index contributed by atoms with van der Waals surface area (Å²) in [6, 6.07) is 8.97. The summed E-state index contributed by atoms with van der Waals surface area (Å²) in [6.45, 7) is 3.95. The molecular formula is C16H14N2O3. The zero-order valence-electron chi connectivity index (χ0n) is 11.7. The quantitative estimate of drug-likeness (QED) is 0.679. The molecule has 2 heterocycles. The standard InChI is InChI=1S/C16H14N2O3/c1-10-5-6-12(8-11(10)2)18-16(20)14(15(19)17-18)9-13-4-3-7-21-13/h3-9H,1-2H3,(H,17,19). The molecule has 3 rings (SSSR count). The van der Waals surface area contributed by atoms with E-state index in [0.29, 0.717) is 11.4 Å². The molecule has 0 unspecified atom stereocenters. The lowest BCUT2D eigenvalue weighted by atomic mass is 10.1. The van der Waals surface area contributed by atoms with Gasteiger partial charge in [-0.2, -0.15) is 0 Å². The summed E-state index contributed by atoms with van der Waals surface area (Å²) in [5, 5.41) is 1.25. The summed E-state index contributed by atoms with van der Waals surface area (Å²) in [7, 11) is 0. The minimum Gasteiger partial charge on any atom is -0.465 e. The third-order valence-corrected chi connectivity index (χ3v) is 3.47. The number of benzene rings is 1. The van der Waals surface area contributed by atoms with E-state index >= 15 is 0 Å². The SMILES string of the molecule is Cc1ccc(N2NC(=O)C(=Cc3ccco3)C2=O)cc1C. The van der Waals surface area contributed by atoms with E-state index in [1.54, 1.807) is 18.2 Å². The van der Waals surface area contributed by atoms with Gasteiger partial charge in [-0.15, -0.1) is 0 Å². The van der Waals surface area contributed by atoms with Crippen molar-refractivity contribution < 1.29 is 14.0 Å². The predicted octanol–water partition coefficient (Wildman–Crippen LogP) is 2.36. The molecule has 2 amide bonds.